The molecule has 1 aliphatic heterocycles. The Hall–Kier alpha value is -4.31. The van der Waals surface area contributed by atoms with E-state index in [2.05, 4.69) is 5.32 Å². The summed E-state index contributed by atoms with van der Waals surface area (Å²) in [7, 11) is 0. The molecule has 1 fully saturated rings. The molecule has 1 amide bonds. The van der Waals surface area contributed by atoms with Crippen molar-refractivity contribution in [2.75, 3.05) is 18.4 Å². The second-order valence-corrected chi connectivity index (χ2v) is 10.8. The molecule has 0 saturated carbocycles. The fraction of sp³-hybridized carbons (Fsp3) is 0.250. The first kappa shape index (κ1) is 30.2. The number of pyridine rings is 1. The fourth-order valence-corrected chi connectivity index (χ4v) is 5.33. The molecule has 0 radical (unpaired) electrons. The summed E-state index contributed by atoms with van der Waals surface area (Å²) in [6.45, 7) is 2.29. The van der Waals surface area contributed by atoms with Crippen molar-refractivity contribution < 1.29 is 27.2 Å². The van der Waals surface area contributed by atoms with Gasteiger partial charge in [0.15, 0.2) is 0 Å². The van der Waals surface area contributed by atoms with Crippen LogP contribution in [0.5, 0.6) is 0 Å². The zero-order valence-corrected chi connectivity index (χ0v) is 23.9. The van der Waals surface area contributed by atoms with Gasteiger partial charge < -0.3 is 15.1 Å². The minimum atomic E-state index is -4.53. The number of aryl methyl sites for hydroxylation is 1. The van der Waals surface area contributed by atoms with E-state index in [4.69, 9.17) is 16.4 Å². The number of carbonyl (C=O) groups is 1. The quantitative estimate of drug-likeness (QED) is 0.221. The third-order valence-corrected chi connectivity index (χ3v) is 7.85. The molecule has 0 bridgehead atoms. The number of amides is 1. The van der Waals surface area contributed by atoms with Crippen LogP contribution in [-0.4, -0.2) is 28.6 Å². The molecule has 0 unspecified atom stereocenters. The minimum Gasteiger partial charge on any atom is -0.406 e. The Bertz CT molecular complexity index is 1670. The fourth-order valence-electron chi connectivity index (χ4n) is 5.10. The average Bonchev–Trinajstić information content (AvgIpc) is 3.00. The molecule has 11 heteroatoms. The van der Waals surface area contributed by atoms with Crippen molar-refractivity contribution in [2.24, 2.45) is 0 Å². The largest absolute Gasteiger partial charge is 0.416 e. The molecule has 0 aliphatic carbocycles. The Labute approximate surface area is 250 Å². The van der Waals surface area contributed by atoms with Crippen LogP contribution in [0, 0.1) is 12.7 Å². The van der Waals surface area contributed by atoms with Crippen molar-refractivity contribution in [3.63, 3.8) is 0 Å². The van der Waals surface area contributed by atoms with Crippen LogP contribution < -0.4 is 15.7 Å². The standard InChI is InChI=1S/C32H28ClF4N3O3/c1-20-17-24(32(35,36)37)9-12-27(20)38-29-26(18-40(31(42)28(29)33)43-19-21-5-3-2-4-6-21)30(41)39-15-13-23(14-16-39)22-7-10-25(34)11-8-22/h2-12,17-18,23,38H,13-16,19H2,1H3. The van der Waals surface area contributed by atoms with E-state index < -0.39 is 23.2 Å². The molecule has 6 nitrogen and oxygen atoms in total. The third-order valence-electron chi connectivity index (χ3n) is 7.50. The van der Waals surface area contributed by atoms with Crippen LogP contribution in [0.2, 0.25) is 5.02 Å². The first-order chi connectivity index (χ1) is 20.5. The summed E-state index contributed by atoms with van der Waals surface area (Å²) in [4.78, 5) is 34.5. The number of nitrogens with one attached hydrogen (secondary N) is 1. The predicted molar refractivity (Wildman–Crippen MR) is 156 cm³/mol. The Kier molecular flexibility index (Phi) is 8.77. The Morgan fingerprint density at radius 1 is 1.02 bits per heavy atom. The highest BCUT2D eigenvalue weighted by molar-refractivity contribution is 6.34. The lowest BCUT2D eigenvalue weighted by Crippen LogP contribution is -2.39. The van der Waals surface area contributed by atoms with Crippen LogP contribution in [0.3, 0.4) is 0 Å². The SMILES string of the molecule is Cc1cc(C(F)(F)F)ccc1Nc1c(C(=O)N2CCC(c3ccc(F)cc3)CC2)cn(OCc2ccccc2)c(=O)c1Cl. The van der Waals surface area contributed by atoms with Crippen molar-refractivity contribution >= 4 is 28.9 Å². The average molecular weight is 614 g/mol. The van der Waals surface area contributed by atoms with Crippen molar-refractivity contribution in [3.05, 3.63) is 128 Å². The van der Waals surface area contributed by atoms with Gasteiger partial charge in [-0.15, -0.1) is 0 Å². The van der Waals surface area contributed by atoms with Gasteiger partial charge in [-0.25, -0.2) is 4.39 Å². The van der Waals surface area contributed by atoms with Gasteiger partial charge in [-0.2, -0.15) is 17.9 Å². The number of aromatic nitrogens is 1. The number of halogens is 5. The number of anilines is 2. The number of piperidine rings is 1. The molecule has 1 N–H and O–H groups in total. The summed E-state index contributed by atoms with van der Waals surface area (Å²) in [5.74, 6) is -0.603. The summed E-state index contributed by atoms with van der Waals surface area (Å²) in [6, 6.07) is 18.5. The Morgan fingerprint density at radius 2 is 1.70 bits per heavy atom. The molecule has 0 atom stereocenters. The van der Waals surface area contributed by atoms with Gasteiger partial charge in [0.2, 0.25) is 0 Å². The molecule has 224 valence electrons. The Balaban J connectivity index is 1.46. The van der Waals surface area contributed by atoms with Gasteiger partial charge in [-0.3, -0.25) is 9.59 Å². The van der Waals surface area contributed by atoms with E-state index >= 15 is 0 Å². The summed E-state index contributed by atoms with van der Waals surface area (Å²) < 4.78 is 54.0. The lowest BCUT2D eigenvalue weighted by molar-refractivity contribution is -0.137. The van der Waals surface area contributed by atoms with E-state index in [9.17, 15) is 27.2 Å². The number of carbonyl (C=O) groups excluding carboxylic acids is 1. The maximum atomic E-state index is 13.9. The molecule has 4 aromatic rings. The minimum absolute atomic E-state index is 0.0252. The summed E-state index contributed by atoms with van der Waals surface area (Å²) in [6.07, 6.45) is -2.00. The van der Waals surface area contributed by atoms with Gasteiger partial charge in [0, 0.05) is 18.8 Å². The van der Waals surface area contributed by atoms with Crippen molar-refractivity contribution in [2.45, 2.75) is 38.5 Å². The number of nitrogens with zero attached hydrogens (tertiary/aromatic N) is 2. The van der Waals surface area contributed by atoms with Gasteiger partial charge >= 0.3 is 11.7 Å². The zero-order chi connectivity index (χ0) is 30.7. The number of hydrogen-bond acceptors (Lipinski definition) is 4. The van der Waals surface area contributed by atoms with E-state index in [-0.39, 0.29) is 45.9 Å². The van der Waals surface area contributed by atoms with Gasteiger partial charge in [0.25, 0.3) is 5.91 Å². The second kappa shape index (κ2) is 12.5. The smallest absolute Gasteiger partial charge is 0.406 e. The highest BCUT2D eigenvalue weighted by Crippen LogP contribution is 2.35. The monoisotopic (exact) mass is 613 g/mol. The molecular formula is C32H28ClF4N3O3. The number of hydrogen-bond donors (Lipinski definition) is 1. The molecule has 2 heterocycles. The molecule has 5 rings (SSSR count). The van der Waals surface area contributed by atoms with Crippen LogP contribution in [0.25, 0.3) is 0 Å². The second-order valence-electron chi connectivity index (χ2n) is 10.4. The number of alkyl halides is 3. The molecule has 1 aromatic heterocycles. The third kappa shape index (κ3) is 6.85. The van der Waals surface area contributed by atoms with Crippen LogP contribution in [-0.2, 0) is 12.8 Å². The summed E-state index contributed by atoms with van der Waals surface area (Å²) in [5, 5.41) is 2.59. The molecule has 3 aromatic carbocycles. The molecule has 1 saturated heterocycles. The van der Waals surface area contributed by atoms with Crippen molar-refractivity contribution in [3.8, 4) is 0 Å². The molecule has 1 aliphatic rings. The first-order valence-corrected chi connectivity index (χ1v) is 14.0. The number of benzene rings is 3. The lowest BCUT2D eigenvalue weighted by Gasteiger charge is -2.33. The highest BCUT2D eigenvalue weighted by Gasteiger charge is 2.32. The van der Waals surface area contributed by atoms with Gasteiger partial charge in [-0.05, 0) is 72.7 Å². The van der Waals surface area contributed by atoms with Crippen LogP contribution in [0.15, 0.2) is 83.8 Å². The summed E-state index contributed by atoms with van der Waals surface area (Å²) >= 11 is 6.53. The normalized spacial score (nSPS) is 14.0. The maximum absolute atomic E-state index is 13.9. The Morgan fingerprint density at radius 3 is 2.33 bits per heavy atom. The first-order valence-electron chi connectivity index (χ1n) is 13.6. The highest BCUT2D eigenvalue weighted by atomic mass is 35.5. The number of likely N-dealkylation sites (tertiary alicyclic amines) is 1. The van der Waals surface area contributed by atoms with E-state index in [1.54, 1.807) is 17.0 Å². The van der Waals surface area contributed by atoms with Crippen LogP contribution in [0.1, 0.15) is 51.4 Å². The van der Waals surface area contributed by atoms with Crippen LogP contribution >= 0.6 is 11.6 Å². The zero-order valence-electron chi connectivity index (χ0n) is 23.1. The van der Waals surface area contributed by atoms with Crippen molar-refractivity contribution in [1.29, 1.82) is 0 Å². The number of rotatable bonds is 7. The molecule has 43 heavy (non-hydrogen) atoms. The van der Waals surface area contributed by atoms with Gasteiger partial charge in [0.05, 0.1) is 23.0 Å². The summed E-state index contributed by atoms with van der Waals surface area (Å²) in [5.41, 5.74) is 0.693. The van der Waals surface area contributed by atoms with Gasteiger partial charge in [0.1, 0.15) is 17.4 Å². The topological polar surface area (TPSA) is 63.6 Å². The van der Waals surface area contributed by atoms with Gasteiger partial charge in [-0.1, -0.05) is 54.1 Å². The lowest BCUT2D eigenvalue weighted by atomic mass is 9.89. The van der Waals surface area contributed by atoms with E-state index in [1.165, 1.54) is 31.3 Å². The maximum Gasteiger partial charge on any atom is 0.416 e. The molecular weight excluding hydrogens is 586 g/mol. The van der Waals surface area contributed by atoms with Crippen LogP contribution in [0.4, 0.5) is 28.9 Å². The molecule has 0 spiro atoms. The van der Waals surface area contributed by atoms with E-state index in [1.807, 2.05) is 30.3 Å². The van der Waals surface area contributed by atoms with E-state index in [0.29, 0.717) is 25.9 Å². The van der Waals surface area contributed by atoms with Crippen molar-refractivity contribution in [1.82, 2.24) is 9.63 Å². The van der Waals surface area contributed by atoms with E-state index in [0.717, 1.165) is 28.0 Å². The predicted octanol–water partition coefficient (Wildman–Crippen LogP) is 7.36.